The van der Waals surface area contributed by atoms with E-state index in [4.69, 9.17) is 4.99 Å². The molecule has 2 saturated heterocycles. The second-order valence-electron chi connectivity index (χ2n) is 8.34. The van der Waals surface area contributed by atoms with E-state index in [2.05, 4.69) is 76.6 Å². The molecule has 1 aromatic carbocycles. The van der Waals surface area contributed by atoms with Gasteiger partial charge in [0.2, 0.25) is 0 Å². The summed E-state index contributed by atoms with van der Waals surface area (Å²) in [6, 6.07) is 11.1. The summed E-state index contributed by atoms with van der Waals surface area (Å²) in [5.41, 5.74) is 1.31. The Balaban J connectivity index is 0.00000300. The van der Waals surface area contributed by atoms with Crippen LogP contribution in [0.3, 0.4) is 0 Å². The standard InChI is InChI=1S/C22H38N6.HI/c1-4-23-22(24-16-19(2)17-27-14-12-26(3)13-15-27)25-20-10-11-28(18-20)21-8-6-5-7-9-21;/h5-9,19-20H,4,10-18H2,1-3H3,(H2,23,24,25);1H. The van der Waals surface area contributed by atoms with E-state index >= 15 is 0 Å². The highest BCUT2D eigenvalue weighted by Crippen LogP contribution is 2.19. The van der Waals surface area contributed by atoms with E-state index in [-0.39, 0.29) is 24.0 Å². The summed E-state index contributed by atoms with van der Waals surface area (Å²) in [7, 11) is 2.21. The number of halogens is 1. The summed E-state index contributed by atoms with van der Waals surface area (Å²) < 4.78 is 0. The molecular formula is C22H39IN6. The number of nitrogens with zero attached hydrogens (tertiary/aromatic N) is 4. The molecule has 0 amide bonds. The monoisotopic (exact) mass is 514 g/mol. The molecule has 7 heteroatoms. The molecule has 164 valence electrons. The molecule has 29 heavy (non-hydrogen) atoms. The number of aliphatic imine (C=N–C) groups is 1. The summed E-state index contributed by atoms with van der Waals surface area (Å²) >= 11 is 0. The summed E-state index contributed by atoms with van der Waals surface area (Å²) in [6.07, 6.45) is 1.15. The van der Waals surface area contributed by atoms with Gasteiger partial charge in [0, 0.05) is 70.6 Å². The van der Waals surface area contributed by atoms with Gasteiger partial charge in [0.25, 0.3) is 0 Å². The summed E-state index contributed by atoms with van der Waals surface area (Å²) in [5, 5.41) is 7.09. The Kier molecular flexibility index (Phi) is 10.5. The van der Waals surface area contributed by atoms with Gasteiger partial charge < -0.3 is 25.3 Å². The molecule has 2 heterocycles. The minimum absolute atomic E-state index is 0. The lowest BCUT2D eigenvalue weighted by atomic mass is 10.1. The van der Waals surface area contributed by atoms with Crippen molar-refractivity contribution in [1.82, 2.24) is 20.4 Å². The van der Waals surface area contributed by atoms with Crippen LogP contribution in [0.2, 0.25) is 0 Å². The molecule has 0 radical (unpaired) electrons. The third-order valence-electron chi connectivity index (χ3n) is 5.72. The van der Waals surface area contributed by atoms with Gasteiger partial charge >= 0.3 is 0 Å². The Bertz CT molecular complexity index is 603. The molecule has 2 atom stereocenters. The smallest absolute Gasteiger partial charge is 0.191 e. The first-order valence-electron chi connectivity index (χ1n) is 10.9. The zero-order valence-electron chi connectivity index (χ0n) is 18.3. The first-order chi connectivity index (χ1) is 13.6. The number of hydrogen-bond donors (Lipinski definition) is 2. The molecule has 0 aliphatic carbocycles. The predicted molar refractivity (Wildman–Crippen MR) is 135 cm³/mol. The third-order valence-corrected chi connectivity index (χ3v) is 5.72. The van der Waals surface area contributed by atoms with Crippen LogP contribution in [0.5, 0.6) is 0 Å². The number of benzene rings is 1. The lowest BCUT2D eigenvalue weighted by molar-refractivity contribution is 0.140. The Morgan fingerprint density at radius 3 is 2.55 bits per heavy atom. The zero-order valence-corrected chi connectivity index (χ0v) is 20.6. The van der Waals surface area contributed by atoms with Gasteiger partial charge in [0.1, 0.15) is 0 Å². The average molecular weight is 515 g/mol. The fourth-order valence-electron chi connectivity index (χ4n) is 4.04. The van der Waals surface area contributed by atoms with Crippen molar-refractivity contribution in [3.05, 3.63) is 30.3 Å². The number of nitrogens with one attached hydrogen (secondary N) is 2. The molecule has 2 aliphatic heterocycles. The highest BCUT2D eigenvalue weighted by molar-refractivity contribution is 14.0. The number of likely N-dealkylation sites (N-methyl/N-ethyl adjacent to an activating group) is 1. The zero-order chi connectivity index (χ0) is 19.8. The molecule has 3 rings (SSSR count). The van der Waals surface area contributed by atoms with Crippen molar-refractivity contribution in [3.63, 3.8) is 0 Å². The van der Waals surface area contributed by atoms with E-state index in [0.717, 1.165) is 45.1 Å². The molecule has 6 nitrogen and oxygen atoms in total. The SMILES string of the molecule is CCNC(=NCC(C)CN1CCN(C)CC1)NC1CCN(c2ccccc2)C1.I. The molecule has 2 unspecified atom stereocenters. The molecule has 0 spiro atoms. The highest BCUT2D eigenvalue weighted by Gasteiger charge is 2.23. The van der Waals surface area contributed by atoms with Gasteiger partial charge in [-0.3, -0.25) is 4.99 Å². The molecule has 0 aromatic heterocycles. The van der Waals surface area contributed by atoms with Crippen molar-refractivity contribution in [2.24, 2.45) is 10.9 Å². The van der Waals surface area contributed by atoms with E-state index in [0.29, 0.717) is 12.0 Å². The molecule has 2 aliphatic rings. The lowest BCUT2D eigenvalue weighted by Gasteiger charge is -2.33. The van der Waals surface area contributed by atoms with Gasteiger partial charge in [-0.15, -0.1) is 24.0 Å². The minimum Gasteiger partial charge on any atom is -0.369 e. The van der Waals surface area contributed by atoms with Crippen molar-refractivity contribution >= 4 is 35.6 Å². The number of rotatable bonds is 7. The van der Waals surface area contributed by atoms with Crippen LogP contribution < -0.4 is 15.5 Å². The summed E-state index contributed by atoms with van der Waals surface area (Å²) in [6.45, 7) is 14.2. The van der Waals surface area contributed by atoms with Crippen LogP contribution in [-0.2, 0) is 0 Å². The molecule has 0 bridgehead atoms. The number of piperazine rings is 1. The van der Waals surface area contributed by atoms with Crippen LogP contribution in [0.15, 0.2) is 35.3 Å². The van der Waals surface area contributed by atoms with Crippen LogP contribution in [0, 0.1) is 5.92 Å². The first kappa shape index (κ1) is 24.2. The first-order valence-corrected chi connectivity index (χ1v) is 10.9. The second-order valence-corrected chi connectivity index (χ2v) is 8.34. The van der Waals surface area contributed by atoms with Crippen molar-refractivity contribution in [3.8, 4) is 0 Å². The van der Waals surface area contributed by atoms with E-state index in [9.17, 15) is 0 Å². The Morgan fingerprint density at radius 1 is 1.14 bits per heavy atom. The van der Waals surface area contributed by atoms with Crippen molar-refractivity contribution in [1.29, 1.82) is 0 Å². The van der Waals surface area contributed by atoms with E-state index in [1.54, 1.807) is 0 Å². The van der Waals surface area contributed by atoms with E-state index < -0.39 is 0 Å². The maximum atomic E-state index is 4.89. The maximum absolute atomic E-state index is 4.89. The number of para-hydroxylation sites is 1. The van der Waals surface area contributed by atoms with Crippen LogP contribution in [0.1, 0.15) is 20.3 Å². The third kappa shape index (κ3) is 7.94. The summed E-state index contributed by atoms with van der Waals surface area (Å²) in [4.78, 5) is 12.3. The Labute approximate surface area is 194 Å². The molecular weight excluding hydrogens is 475 g/mol. The van der Waals surface area contributed by atoms with Crippen LogP contribution in [0.4, 0.5) is 5.69 Å². The van der Waals surface area contributed by atoms with Gasteiger partial charge in [-0.25, -0.2) is 0 Å². The van der Waals surface area contributed by atoms with Gasteiger partial charge in [-0.05, 0) is 38.4 Å². The number of hydrogen-bond acceptors (Lipinski definition) is 4. The van der Waals surface area contributed by atoms with Crippen LogP contribution in [-0.4, -0.2) is 87.8 Å². The molecule has 0 saturated carbocycles. The largest absolute Gasteiger partial charge is 0.369 e. The topological polar surface area (TPSA) is 46.1 Å². The molecule has 2 N–H and O–H groups in total. The Hall–Kier alpha value is -1.06. The van der Waals surface area contributed by atoms with Gasteiger partial charge in [-0.1, -0.05) is 25.1 Å². The predicted octanol–water partition coefficient (Wildman–Crippen LogP) is 2.32. The fourth-order valence-corrected chi connectivity index (χ4v) is 4.04. The van der Waals surface area contributed by atoms with Crippen molar-refractivity contribution in [2.45, 2.75) is 26.3 Å². The van der Waals surface area contributed by atoms with Gasteiger partial charge in [-0.2, -0.15) is 0 Å². The Morgan fingerprint density at radius 2 is 1.86 bits per heavy atom. The molecule has 1 aromatic rings. The average Bonchev–Trinajstić information content (AvgIpc) is 3.17. The van der Waals surface area contributed by atoms with Gasteiger partial charge in [0.15, 0.2) is 5.96 Å². The fraction of sp³-hybridized carbons (Fsp3) is 0.682. The number of guanidine groups is 1. The van der Waals surface area contributed by atoms with Crippen LogP contribution in [0.25, 0.3) is 0 Å². The van der Waals surface area contributed by atoms with Crippen LogP contribution >= 0.6 is 24.0 Å². The highest BCUT2D eigenvalue weighted by atomic mass is 127. The molecule has 2 fully saturated rings. The quantitative estimate of drug-likeness (QED) is 0.333. The van der Waals surface area contributed by atoms with Gasteiger partial charge in [0.05, 0.1) is 0 Å². The minimum atomic E-state index is 0. The van der Waals surface area contributed by atoms with E-state index in [1.165, 1.54) is 31.9 Å². The van der Waals surface area contributed by atoms with Crippen molar-refractivity contribution < 1.29 is 0 Å². The lowest BCUT2D eigenvalue weighted by Crippen LogP contribution is -2.46. The second kappa shape index (κ2) is 12.6. The maximum Gasteiger partial charge on any atom is 0.191 e. The van der Waals surface area contributed by atoms with E-state index in [1.807, 2.05) is 0 Å². The normalized spacial score (nSPS) is 22.2. The summed E-state index contributed by atoms with van der Waals surface area (Å²) in [5.74, 6) is 1.54. The van der Waals surface area contributed by atoms with Crippen molar-refractivity contribution in [2.75, 3.05) is 70.9 Å². The number of anilines is 1.